The van der Waals surface area contributed by atoms with Crippen molar-refractivity contribution in [1.29, 1.82) is 0 Å². The highest BCUT2D eigenvalue weighted by Gasteiger charge is 2.26. The van der Waals surface area contributed by atoms with Gasteiger partial charge in [-0.05, 0) is 12.1 Å². The van der Waals surface area contributed by atoms with Crippen LogP contribution in [-0.2, 0) is 9.59 Å². The number of thiol groups is 1. The highest BCUT2D eigenvalue weighted by Crippen LogP contribution is 2.26. The van der Waals surface area contributed by atoms with Gasteiger partial charge in [0.1, 0.15) is 11.4 Å². The molecule has 1 heterocycles. The number of nitrogens with zero attached hydrogens (tertiary/aromatic N) is 1. The lowest BCUT2D eigenvalue weighted by atomic mass is 10.1. The van der Waals surface area contributed by atoms with Crippen LogP contribution in [0.1, 0.15) is 18.2 Å². The van der Waals surface area contributed by atoms with Crippen LogP contribution in [0.15, 0.2) is 22.6 Å². The van der Waals surface area contributed by atoms with Gasteiger partial charge in [-0.25, -0.2) is 4.98 Å². The van der Waals surface area contributed by atoms with Crippen molar-refractivity contribution < 1.29 is 19.1 Å². The fourth-order valence-corrected chi connectivity index (χ4v) is 1.76. The Morgan fingerprint density at radius 1 is 1.50 bits per heavy atom. The number of anilines is 1. The second kappa shape index (κ2) is 4.69. The van der Waals surface area contributed by atoms with Gasteiger partial charge in [-0.2, -0.15) is 0 Å². The molecule has 0 aliphatic heterocycles. The van der Waals surface area contributed by atoms with E-state index in [1.165, 1.54) is 0 Å². The van der Waals surface area contributed by atoms with Gasteiger partial charge in [-0.3, -0.25) is 9.59 Å². The summed E-state index contributed by atoms with van der Waals surface area (Å²) in [5.74, 6) is -2.08. The van der Waals surface area contributed by atoms with Gasteiger partial charge in [-0.15, -0.1) is 12.6 Å². The summed E-state index contributed by atoms with van der Waals surface area (Å²) in [4.78, 5) is 26.1. The van der Waals surface area contributed by atoms with E-state index in [4.69, 9.17) is 15.3 Å². The second-order valence-corrected chi connectivity index (χ2v) is 4.21. The molecule has 6 nitrogen and oxygen atoms in total. The van der Waals surface area contributed by atoms with Crippen LogP contribution in [0.3, 0.4) is 0 Å². The highest BCUT2D eigenvalue weighted by atomic mass is 32.1. The Kier molecular flexibility index (Phi) is 3.24. The second-order valence-electron chi connectivity index (χ2n) is 3.77. The summed E-state index contributed by atoms with van der Waals surface area (Å²) in [6.07, 6.45) is -0.412. The summed E-state index contributed by atoms with van der Waals surface area (Å²) in [5, 5.41) is 8.14. The number of benzene rings is 1. The smallest absolute Gasteiger partial charge is 0.304 e. The summed E-state index contributed by atoms with van der Waals surface area (Å²) in [7, 11) is 0. The Labute approximate surface area is 107 Å². The number of carboxylic acids is 1. The van der Waals surface area contributed by atoms with Crippen LogP contribution in [0.25, 0.3) is 11.1 Å². The first-order chi connectivity index (χ1) is 8.47. The molecule has 3 N–H and O–H groups in total. The van der Waals surface area contributed by atoms with Crippen LogP contribution in [0.2, 0.25) is 0 Å². The van der Waals surface area contributed by atoms with Crippen molar-refractivity contribution in [3.05, 3.63) is 24.1 Å². The van der Waals surface area contributed by atoms with Crippen molar-refractivity contribution in [2.45, 2.75) is 12.3 Å². The molecule has 0 saturated carbocycles. The quantitative estimate of drug-likeness (QED) is 0.571. The molecule has 0 bridgehead atoms. The maximum atomic E-state index is 11.3. The average molecular weight is 266 g/mol. The molecular weight excluding hydrogens is 256 g/mol. The third kappa shape index (κ3) is 2.45. The van der Waals surface area contributed by atoms with Gasteiger partial charge in [0.15, 0.2) is 10.7 Å². The fourth-order valence-electron chi connectivity index (χ4n) is 1.56. The summed E-state index contributed by atoms with van der Waals surface area (Å²) < 4.78 is 5.35. The van der Waals surface area contributed by atoms with E-state index >= 15 is 0 Å². The molecule has 18 heavy (non-hydrogen) atoms. The minimum Gasteiger partial charge on any atom is -0.481 e. The van der Waals surface area contributed by atoms with E-state index in [-0.39, 0.29) is 5.89 Å². The lowest BCUT2D eigenvalue weighted by molar-refractivity contribution is -0.138. The Balaban J connectivity index is 2.44. The van der Waals surface area contributed by atoms with E-state index in [0.717, 1.165) is 0 Å². The van der Waals surface area contributed by atoms with E-state index < -0.39 is 23.4 Å². The number of aromatic nitrogens is 1. The Morgan fingerprint density at radius 3 is 2.83 bits per heavy atom. The summed E-state index contributed by atoms with van der Waals surface area (Å²) in [6, 6.07) is 4.84. The van der Waals surface area contributed by atoms with Crippen molar-refractivity contribution >= 4 is 40.5 Å². The lowest BCUT2D eigenvalue weighted by Gasteiger charge is -2.04. The predicted molar refractivity (Wildman–Crippen MR) is 67.4 cm³/mol. The molecule has 0 aliphatic rings. The summed E-state index contributed by atoms with van der Waals surface area (Å²) in [5.41, 5.74) is 7.01. The number of carbonyl (C=O) groups is 2. The number of nitrogens with two attached hydrogens (primary N) is 1. The maximum absolute atomic E-state index is 11.3. The molecular formula is C11H10N2O4S. The molecule has 1 aromatic heterocycles. The number of carbonyl (C=O) groups excluding carboxylic acids is 1. The highest BCUT2D eigenvalue weighted by molar-refractivity contribution is 7.96. The molecule has 0 aliphatic carbocycles. The van der Waals surface area contributed by atoms with E-state index in [1.807, 2.05) is 0 Å². The van der Waals surface area contributed by atoms with E-state index in [9.17, 15) is 9.59 Å². The van der Waals surface area contributed by atoms with E-state index in [2.05, 4.69) is 17.6 Å². The van der Waals surface area contributed by atoms with Crippen LogP contribution < -0.4 is 5.73 Å². The summed E-state index contributed by atoms with van der Waals surface area (Å²) >= 11 is 3.65. The van der Waals surface area contributed by atoms with Gasteiger partial charge in [0.05, 0.1) is 6.42 Å². The minimum atomic E-state index is -1.12. The zero-order chi connectivity index (χ0) is 13.3. The topological polar surface area (TPSA) is 106 Å². The first kappa shape index (κ1) is 12.4. The molecule has 1 unspecified atom stereocenters. The van der Waals surface area contributed by atoms with Crippen molar-refractivity contribution in [3.8, 4) is 0 Å². The predicted octanol–water partition coefficient (Wildman–Crippen LogP) is 1.42. The van der Waals surface area contributed by atoms with E-state index in [0.29, 0.717) is 16.8 Å². The van der Waals surface area contributed by atoms with Crippen LogP contribution >= 0.6 is 12.6 Å². The fraction of sp³-hybridized carbons (Fsp3) is 0.182. The van der Waals surface area contributed by atoms with Crippen LogP contribution in [0.5, 0.6) is 0 Å². The first-order valence-electron chi connectivity index (χ1n) is 5.08. The van der Waals surface area contributed by atoms with Gasteiger partial charge in [0.2, 0.25) is 5.89 Å². The van der Waals surface area contributed by atoms with Crippen molar-refractivity contribution in [3.63, 3.8) is 0 Å². The first-order valence-corrected chi connectivity index (χ1v) is 5.52. The number of nitrogen functional groups attached to an aromatic ring is 1. The number of oxazole rings is 1. The van der Waals surface area contributed by atoms with Gasteiger partial charge < -0.3 is 15.3 Å². The molecule has 2 aromatic rings. The van der Waals surface area contributed by atoms with Crippen molar-refractivity contribution in [1.82, 2.24) is 4.98 Å². The third-order valence-corrected chi connectivity index (χ3v) is 2.72. The van der Waals surface area contributed by atoms with Gasteiger partial charge in [-0.1, -0.05) is 0 Å². The monoisotopic (exact) mass is 266 g/mol. The minimum absolute atomic E-state index is 0.0398. The zero-order valence-corrected chi connectivity index (χ0v) is 10.1. The van der Waals surface area contributed by atoms with Gasteiger partial charge >= 0.3 is 5.97 Å². The van der Waals surface area contributed by atoms with Crippen molar-refractivity contribution in [2.75, 3.05) is 5.73 Å². The normalized spacial score (nSPS) is 12.5. The van der Waals surface area contributed by atoms with Gasteiger partial charge in [0, 0.05) is 11.8 Å². The molecule has 7 heteroatoms. The van der Waals surface area contributed by atoms with Crippen LogP contribution in [0.4, 0.5) is 5.69 Å². The SMILES string of the molecule is Nc1ccc2nc(C(CC(=O)O)C(=O)S)oc2c1. The lowest BCUT2D eigenvalue weighted by Crippen LogP contribution is -2.12. The molecule has 94 valence electrons. The number of aliphatic carboxylic acids is 1. The molecule has 0 radical (unpaired) electrons. The Hall–Kier alpha value is -2.02. The standard InChI is InChI=1S/C11H10N2O4S/c12-5-1-2-7-8(3-5)17-10(13-7)6(11(16)18)4-9(14)15/h1-3,6H,4,12H2,(H,14,15)(H,16,18). The Morgan fingerprint density at radius 2 is 2.22 bits per heavy atom. The number of hydrogen-bond acceptors (Lipinski definition) is 5. The average Bonchev–Trinajstić information content (AvgIpc) is 2.67. The number of hydrogen-bond donors (Lipinski definition) is 3. The molecule has 1 aromatic carbocycles. The maximum Gasteiger partial charge on any atom is 0.304 e. The number of fused-ring (bicyclic) bond motifs is 1. The van der Waals surface area contributed by atoms with E-state index in [1.54, 1.807) is 18.2 Å². The molecule has 0 saturated heterocycles. The van der Waals surface area contributed by atoms with Gasteiger partial charge in [0.25, 0.3) is 0 Å². The molecule has 0 fully saturated rings. The van der Waals surface area contributed by atoms with Crippen LogP contribution in [-0.4, -0.2) is 21.2 Å². The zero-order valence-electron chi connectivity index (χ0n) is 9.16. The number of carboxylic acid groups (broad SMARTS) is 1. The Bertz CT molecular complexity index is 623. The third-order valence-electron chi connectivity index (χ3n) is 2.40. The van der Waals surface area contributed by atoms with Crippen molar-refractivity contribution in [2.24, 2.45) is 0 Å². The molecule has 2 rings (SSSR count). The largest absolute Gasteiger partial charge is 0.481 e. The molecule has 1 atom stereocenters. The molecule has 0 spiro atoms. The van der Waals surface area contributed by atoms with Crippen LogP contribution in [0, 0.1) is 0 Å². The molecule has 0 amide bonds. The number of rotatable bonds is 4. The summed E-state index contributed by atoms with van der Waals surface area (Å²) in [6.45, 7) is 0.